The number of nitrogens with zero attached hydrogens (tertiary/aromatic N) is 1. The van der Waals surface area contributed by atoms with Crippen LogP contribution < -0.4 is 0 Å². The fraction of sp³-hybridized carbons (Fsp3) is 0.429. The third kappa shape index (κ3) is 2.63. The van der Waals surface area contributed by atoms with Crippen molar-refractivity contribution in [2.24, 2.45) is 0 Å². The van der Waals surface area contributed by atoms with E-state index in [1.54, 1.807) is 0 Å². The molecule has 1 aromatic carbocycles. The molecular formula is C14H18ClNS. The van der Waals surface area contributed by atoms with Crippen molar-refractivity contribution in [2.45, 2.75) is 32.6 Å². The molecule has 0 atom stereocenters. The monoisotopic (exact) mass is 267 g/mol. The third-order valence-electron chi connectivity index (χ3n) is 2.85. The summed E-state index contributed by atoms with van der Waals surface area (Å²) in [6.07, 6.45) is 0. The van der Waals surface area contributed by atoms with Gasteiger partial charge in [0.1, 0.15) is 0 Å². The first-order valence-corrected chi connectivity index (χ1v) is 7.54. The molecule has 1 heterocycles. The first kappa shape index (κ1) is 12.8. The first-order chi connectivity index (χ1) is 8.13. The van der Waals surface area contributed by atoms with Gasteiger partial charge in [0.15, 0.2) is 0 Å². The summed E-state index contributed by atoms with van der Waals surface area (Å²) in [6.45, 7) is 6.64. The quantitative estimate of drug-likeness (QED) is 0.744. The molecule has 2 aromatic rings. The van der Waals surface area contributed by atoms with E-state index in [0.717, 1.165) is 16.5 Å². The second-order valence-electron chi connectivity index (χ2n) is 4.44. The molecule has 0 aliphatic heterocycles. The number of thioether (sulfide) groups is 1. The molecule has 0 amide bonds. The Hall–Kier alpha value is -0.600. The van der Waals surface area contributed by atoms with Crippen molar-refractivity contribution in [1.82, 2.24) is 4.57 Å². The lowest BCUT2D eigenvalue weighted by atomic mass is 10.2. The number of fused-ring (bicyclic) bond motifs is 1. The van der Waals surface area contributed by atoms with Gasteiger partial charge in [-0.05, 0) is 43.2 Å². The summed E-state index contributed by atoms with van der Waals surface area (Å²) in [5, 5.41) is 2.10. The van der Waals surface area contributed by atoms with E-state index in [2.05, 4.69) is 43.5 Å². The summed E-state index contributed by atoms with van der Waals surface area (Å²) in [7, 11) is 0. The van der Waals surface area contributed by atoms with Crippen molar-refractivity contribution in [3.63, 3.8) is 0 Å². The zero-order valence-corrected chi connectivity index (χ0v) is 12.1. The Morgan fingerprint density at radius 1 is 1.29 bits per heavy atom. The molecular weight excluding hydrogens is 250 g/mol. The van der Waals surface area contributed by atoms with E-state index in [0.29, 0.717) is 6.04 Å². The van der Waals surface area contributed by atoms with E-state index in [1.165, 1.54) is 16.6 Å². The molecule has 0 saturated heterocycles. The molecule has 0 spiro atoms. The standard InChI is InChI=1S/C14H18ClNS/c1-4-17-9-13-7-11-5-6-12(15)8-14(11)16(13)10(2)3/h5-8,10H,4,9H2,1-3H3. The molecule has 0 aliphatic rings. The fourth-order valence-corrected chi connectivity index (χ4v) is 2.98. The fourth-order valence-electron chi connectivity index (χ4n) is 2.18. The highest BCUT2D eigenvalue weighted by Crippen LogP contribution is 2.28. The Kier molecular flexibility index (Phi) is 4.05. The van der Waals surface area contributed by atoms with Gasteiger partial charge in [-0.2, -0.15) is 11.8 Å². The van der Waals surface area contributed by atoms with Gasteiger partial charge in [0.05, 0.1) is 0 Å². The van der Waals surface area contributed by atoms with Crippen molar-refractivity contribution in [2.75, 3.05) is 5.75 Å². The van der Waals surface area contributed by atoms with E-state index in [1.807, 2.05) is 17.8 Å². The van der Waals surface area contributed by atoms with Gasteiger partial charge in [0.25, 0.3) is 0 Å². The van der Waals surface area contributed by atoms with E-state index < -0.39 is 0 Å². The van der Waals surface area contributed by atoms with Gasteiger partial charge in [0, 0.05) is 28.0 Å². The molecule has 17 heavy (non-hydrogen) atoms. The van der Waals surface area contributed by atoms with Crippen LogP contribution in [0.3, 0.4) is 0 Å². The summed E-state index contributed by atoms with van der Waals surface area (Å²) in [6, 6.07) is 8.89. The molecule has 0 saturated carbocycles. The second kappa shape index (κ2) is 5.36. The van der Waals surface area contributed by atoms with E-state index in [-0.39, 0.29) is 0 Å². The third-order valence-corrected chi connectivity index (χ3v) is 4.00. The normalized spacial score (nSPS) is 11.6. The van der Waals surface area contributed by atoms with Crippen LogP contribution in [0, 0.1) is 0 Å². The minimum absolute atomic E-state index is 0.471. The van der Waals surface area contributed by atoms with Crippen LogP contribution in [-0.2, 0) is 5.75 Å². The zero-order valence-electron chi connectivity index (χ0n) is 10.5. The van der Waals surface area contributed by atoms with Gasteiger partial charge in [-0.25, -0.2) is 0 Å². The van der Waals surface area contributed by atoms with Crippen LogP contribution in [-0.4, -0.2) is 10.3 Å². The van der Waals surface area contributed by atoms with Crippen LogP contribution in [0.5, 0.6) is 0 Å². The second-order valence-corrected chi connectivity index (χ2v) is 6.15. The molecule has 1 nitrogen and oxygen atoms in total. The summed E-state index contributed by atoms with van der Waals surface area (Å²) < 4.78 is 2.39. The van der Waals surface area contributed by atoms with Gasteiger partial charge < -0.3 is 4.57 Å². The van der Waals surface area contributed by atoms with Gasteiger partial charge in [-0.3, -0.25) is 0 Å². The summed E-state index contributed by atoms with van der Waals surface area (Å²) in [4.78, 5) is 0. The molecule has 3 heteroatoms. The topological polar surface area (TPSA) is 4.93 Å². The van der Waals surface area contributed by atoms with Crippen molar-refractivity contribution in [3.8, 4) is 0 Å². The van der Waals surface area contributed by atoms with E-state index in [9.17, 15) is 0 Å². The van der Waals surface area contributed by atoms with Crippen LogP contribution in [0.1, 0.15) is 32.5 Å². The molecule has 1 aromatic heterocycles. The lowest BCUT2D eigenvalue weighted by molar-refractivity contribution is 0.606. The van der Waals surface area contributed by atoms with Crippen molar-refractivity contribution in [1.29, 1.82) is 0 Å². The zero-order chi connectivity index (χ0) is 12.4. The highest BCUT2D eigenvalue weighted by atomic mass is 35.5. The lowest BCUT2D eigenvalue weighted by Crippen LogP contribution is -2.04. The Bertz CT molecular complexity index is 516. The van der Waals surface area contributed by atoms with Crippen molar-refractivity contribution in [3.05, 3.63) is 35.0 Å². The molecule has 0 N–H and O–H groups in total. The van der Waals surface area contributed by atoms with Crippen LogP contribution >= 0.6 is 23.4 Å². The minimum atomic E-state index is 0.471. The van der Waals surface area contributed by atoms with Crippen LogP contribution in [0.2, 0.25) is 5.02 Å². The molecule has 0 aliphatic carbocycles. The predicted octanol–water partition coefficient (Wildman–Crippen LogP) is 5.13. The molecule has 0 bridgehead atoms. The average Bonchev–Trinajstić information content (AvgIpc) is 2.63. The number of aromatic nitrogens is 1. The van der Waals surface area contributed by atoms with Crippen LogP contribution in [0.25, 0.3) is 10.9 Å². The minimum Gasteiger partial charge on any atom is -0.341 e. The Morgan fingerprint density at radius 3 is 2.71 bits per heavy atom. The maximum atomic E-state index is 6.09. The lowest BCUT2D eigenvalue weighted by Gasteiger charge is -2.14. The Labute approximate surface area is 112 Å². The number of benzene rings is 1. The molecule has 2 rings (SSSR count). The molecule has 0 unspecified atom stereocenters. The van der Waals surface area contributed by atoms with E-state index >= 15 is 0 Å². The molecule has 0 fully saturated rings. The summed E-state index contributed by atoms with van der Waals surface area (Å²) >= 11 is 8.05. The van der Waals surface area contributed by atoms with Crippen LogP contribution in [0.4, 0.5) is 0 Å². The average molecular weight is 268 g/mol. The van der Waals surface area contributed by atoms with Gasteiger partial charge >= 0.3 is 0 Å². The molecule has 0 radical (unpaired) electrons. The van der Waals surface area contributed by atoms with Crippen molar-refractivity contribution >= 4 is 34.3 Å². The number of hydrogen-bond donors (Lipinski definition) is 0. The summed E-state index contributed by atoms with van der Waals surface area (Å²) in [5.74, 6) is 2.22. The smallest absolute Gasteiger partial charge is 0.0500 e. The van der Waals surface area contributed by atoms with Crippen molar-refractivity contribution < 1.29 is 0 Å². The van der Waals surface area contributed by atoms with Gasteiger partial charge in [0.2, 0.25) is 0 Å². The maximum absolute atomic E-state index is 6.09. The van der Waals surface area contributed by atoms with E-state index in [4.69, 9.17) is 11.6 Å². The summed E-state index contributed by atoms with van der Waals surface area (Å²) in [5.41, 5.74) is 2.64. The highest BCUT2D eigenvalue weighted by Gasteiger charge is 2.11. The van der Waals surface area contributed by atoms with Gasteiger partial charge in [-0.15, -0.1) is 0 Å². The molecule has 92 valence electrons. The number of hydrogen-bond acceptors (Lipinski definition) is 1. The highest BCUT2D eigenvalue weighted by molar-refractivity contribution is 7.98. The maximum Gasteiger partial charge on any atom is 0.0500 e. The number of halogens is 1. The first-order valence-electron chi connectivity index (χ1n) is 6.00. The Balaban J connectivity index is 2.54. The number of rotatable bonds is 4. The largest absolute Gasteiger partial charge is 0.341 e. The van der Waals surface area contributed by atoms with Gasteiger partial charge in [-0.1, -0.05) is 24.6 Å². The SMILES string of the molecule is CCSCc1cc2ccc(Cl)cc2n1C(C)C. The Morgan fingerprint density at radius 2 is 2.06 bits per heavy atom. The van der Waals surface area contributed by atoms with Crippen LogP contribution in [0.15, 0.2) is 24.3 Å². The predicted molar refractivity (Wildman–Crippen MR) is 79.2 cm³/mol.